The van der Waals surface area contributed by atoms with Crippen molar-refractivity contribution in [3.63, 3.8) is 0 Å². The molecule has 8 nitrogen and oxygen atoms in total. The van der Waals surface area contributed by atoms with E-state index in [9.17, 15) is 9.59 Å². The molecule has 28 heavy (non-hydrogen) atoms. The van der Waals surface area contributed by atoms with E-state index in [0.717, 1.165) is 36.1 Å². The van der Waals surface area contributed by atoms with Gasteiger partial charge in [0.1, 0.15) is 11.0 Å². The highest BCUT2D eigenvalue weighted by atomic mass is 16.2. The third-order valence-corrected chi connectivity index (χ3v) is 5.27. The molecular formula is C20H32N6O2. The first kappa shape index (κ1) is 20.4. The van der Waals surface area contributed by atoms with Crippen molar-refractivity contribution in [2.75, 3.05) is 13.1 Å². The number of aromatic nitrogens is 4. The van der Waals surface area contributed by atoms with E-state index in [0.29, 0.717) is 19.5 Å². The van der Waals surface area contributed by atoms with Crippen LogP contribution in [-0.2, 0) is 16.1 Å². The summed E-state index contributed by atoms with van der Waals surface area (Å²) in [7, 11) is 0. The normalized spacial score (nSPS) is 17.7. The van der Waals surface area contributed by atoms with Crippen LogP contribution in [0.4, 0.5) is 0 Å². The van der Waals surface area contributed by atoms with E-state index < -0.39 is 0 Å². The van der Waals surface area contributed by atoms with Gasteiger partial charge < -0.3 is 10.2 Å². The average molecular weight is 389 g/mol. The first-order chi connectivity index (χ1) is 13.3. The molecule has 0 aliphatic carbocycles. The molecule has 1 fully saturated rings. The molecule has 3 rings (SSSR count). The van der Waals surface area contributed by atoms with E-state index in [1.165, 1.54) is 0 Å². The van der Waals surface area contributed by atoms with Gasteiger partial charge in [0.2, 0.25) is 11.8 Å². The van der Waals surface area contributed by atoms with Gasteiger partial charge in [0.15, 0.2) is 0 Å². The summed E-state index contributed by atoms with van der Waals surface area (Å²) in [5, 5.41) is 12.0. The van der Waals surface area contributed by atoms with Gasteiger partial charge in [0.05, 0.1) is 24.4 Å². The summed E-state index contributed by atoms with van der Waals surface area (Å²) < 4.78 is 3.85. The second kappa shape index (κ2) is 8.32. The average Bonchev–Trinajstić information content (AvgIpc) is 3.20. The zero-order chi connectivity index (χ0) is 20.4. The van der Waals surface area contributed by atoms with Crippen LogP contribution in [0.2, 0.25) is 0 Å². The maximum absolute atomic E-state index is 12.8. The van der Waals surface area contributed by atoms with Crippen molar-refractivity contribution < 1.29 is 9.59 Å². The van der Waals surface area contributed by atoms with Crippen molar-refractivity contribution in [1.82, 2.24) is 29.8 Å². The molecule has 1 atom stereocenters. The molecule has 2 aromatic rings. The molecule has 154 valence electrons. The number of carbonyl (C=O) groups is 2. The molecular weight excluding hydrogens is 356 g/mol. The van der Waals surface area contributed by atoms with Gasteiger partial charge in [-0.15, -0.1) is 0 Å². The molecule has 0 saturated carbocycles. The van der Waals surface area contributed by atoms with E-state index in [2.05, 4.69) is 29.4 Å². The van der Waals surface area contributed by atoms with E-state index >= 15 is 0 Å². The molecule has 1 saturated heterocycles. The summed E-state index contributed by atoms with van der Waals surface area (Å²) in [6, 6.07) is 0.383. The Bertz CT molecular complexity index is 850. The Labute approximate surface area is 166 Å². The highest BCUT2D eigenvalue weighted by Gasteiger charge is 2.28. The standard InChI is InChI=1S/C20H32N6O2/c1-13(2)22-20(28)16-7-6-9-24(12-16)18(27)8-10-25-19-15(5)23-26(14(3)4)17(19)11-21-25/h11,13-14,16H,6-10,12H2,1-5H3,(H,22,28). The van der Waals surface area contributed by atoms with Gasteiger partial charge in [-0.3, -0.25) is 19.0 Å². The number of likely N-dealkylation sites (tertiary alicyclic amines) is 1. The van der Waals surface area contributed by atoms with Gasteiger partial charge in [0.25, 0.3) is 0 Å². The van der Waals surface area contributed by atoms with E-state index in [1.54, 1.807) is 0 Å². The lowest BCUT2D eigenvalue weighted by molar-refractivity contribution is -0.136. The van der Waals surface area contributed by atoms with Crippen LogP contribution < -0.4 is 5.32 Å². The van der Waals surface area contributed by atoms with Gasteiger partial charge in [-0.1, -0.05) is 0 Å². The highest BCUT2D eigenvalue weighted by Crippen LogP contribution is 2.22. The molecule has 3 heterocycles. The predicted molar refractivity (Wildman–Crippen MR) is 108 cm³/mol. The number of amides is 2. The topological polar surface area (TPSA) is 85.1 Å². The van der Waals surface area contributed by atoms with E-state index in [4.69, 9.17) is 0 Å². The number of piperidine rings is 1. The van der Waals surface area contributed by atoms with Crippen LogP contribution in [0, 0.1) is 12.8 Å². The van der Waals surface area contributed by atoms with E-state index in [1.807, 2.05) is 41.2 Å². The largest absolute Gasteiger partial charge is 0.354 e. The minimum absolute atomic E-state index is 0.0537. The summed E-state index contributed by atoms with van der Waals surface area (Å²) in [5.41, 5.74) is 2.93. The fourth-order valence-corrected chi connectivity index (χ4v) is 3.92. The zero-order valence-corrected chi connectivity index (χ0v) is 17.6. The van der Waals surface area contributed by atoms with Crippen molar-refractivity contribution in [2.24, 2.45) is 5.92 Å². The second-order valence-corrected chi connectivity index (χ2v) is 8.32. The number of rotatable bonds is 6. The van der Waals surface area contributed by atoms with Crippen LogP contribution in [0.15, 0.2) is 6.20 Å². The fraction of sp³-hybridized carbons (Fsp3) is 0.700. The summed E-state index contributed by atoms with van der Waals surface area (Å²) in [6.07, 6.45) is 3.92. The van der Waals surface area contributed by atoms with Gasteiger partial charge in [0, 0.05) is 31.6 Å². The Hall–Kier alpha value is -2.38. The summed E-state index contributed by atoms with van der Waals surface area (Å²) in [6.45, 7) is 11.8. The number of fused-ring (bicyclic) bond motifs is 1. The molecule has 0 radical (unpaired) electrons. The molecule has 0 aromatic carbocycles. The molecule has 0 spiro atoms. The first-order valence-corrected chi connectivity index (χ1v) is 10.3. The SMILES string of the molecule is Cc1nn(C(C)C)c2cnn(CCC(=O)N3CCCC(C(=O)NC(C)C)C3)c12. The van der Waals surface area contributed by atoms with Crippen LogP contribution in [0.1, 0.15) is 58.7 Å². The molecule has 1 N–H and O–H groups in total. The third kappa shape index (κ3) is 4.20. The molecule has 0 bridgehead atoms. The Morgan fingerprint density at radius 2 is 2.04 bits per heavy atom. The number of carbonyl (C=O) groups excluding carboxylic acids is 2. The predicted octanol–water partition coefficient (Wildman–Crippen LogP) is 2.28. The maximum Gasteiger partial charge on any atom is 0.225 e. The Morgan fingerprint density at radius 3 is 2.71 bits per heavy atom. The third-order valence-electron chi connectivity index (χ3n) is 5.27. The van der Waals surface area contributed by atoms with Gasteiger partial charge in [-0.05, 0) is 47.5 Å². The number of hydrogen-bond acceptors (Lipinski definition) is 4. The Morgan fingerprint density at radius 1 is 1.29 bits per heavy atom. The van der Waals surface area contributed by atoms with Crippen LogP contribution in [0.5, 0.6) is 0 Å². The van der Waals surface area contributed by atoms with E-state index in [-0.39, 0.29) is 29.8 Å². The number of nitrogens with one attached hydrogen (secondary N) is 1. The van der Waals surface area contributed by atoms with Crippen molar-refractivity contribution in [3.8, 4) is 0 Å². The summed E-state index contributed by atoms with van der Waals surface area (Å²) in [5.74, 6) is 0.0284. The first-order valence-electron chi connectivity index (χ1n) is 10.3. The lowest BCUT2D eigenvalue weighted by Crippen LogP contribution is -2.46. The molecule has 8 heteroatoms. The van der Waals surface area contributed by atoms with Crippen molar-refractivity contribution >= 4 is 22.8 Å². The lowest BCUT2D eigenvalue weighted by Gasteiger charge is -2.32. The molecule has 1 unspecified atom stereocenters. The van der Waals surface area contributed by atoms with Gasteiger partial charge in [-0.25, -0.2) is 0 Å². The Balaban J connectivity index is 1.63. The Kier molecular flexibility index (Phi) is 6.05. The van der Waals surface area contributed by atoms with Crippen LogP contribution >= 0.6 is 0 Å². The highest BCUT2D eigenvalue weighted by molar-refractivity contribution is 5.82. The smallest absolute Gasteiger partial charge is 0.225 e. The van der Waals surface area contributed by atoms with Gasteiger partial charge >= 0.3 is 0 Å². The molecule has 2 aromatic heterocycles. The van der Waals surface area contributed by atoms with Crippen LogP contribution in [0.3, 0.4) is 0 Å². The maximum atomic E-state index is 12.8. The summed E-state index contributed by atoms with van der Waals surface area (Å²) >= 11 is 0. The van der Waals surface area contributed by atoms with Crippen LogP contribution in [0.25, 0.3) is 11.0 Å². The minimum atomic E-state index is -0.108. The molecule has 2 amide bonds. The quantitative estimate of drug-likeness (QED) is 0.823. The summed E-state index contributed by atoms with van der Waals surface area (Å²) in [4.78, 5) is 26.9. The fourth-order valence-electron chi connectivity index (χ4n) is 3.92. The zero-order valence-electron chi connectivity index (χ0n) is 17.6. The minimum Gasteiger partial charge on any atom is -0.354 e. The number of nitrogens with zero attached hydrogens (tertiary/aromatic N) is 5. The second-order valence-electron chi connectivity index (χ2n) is 8.32. The number of aryl methyl sites for hydroxylation is 2. The molecule has 1 aliphatic rings. The van der Waals surface area contributed by atoms with Crippen molar-refractivity contribution in [3.05, 3.63) is 11.9 Å². The van der Waals surface area contributed by atoms with Gasteiger partial charge in [-0.2, -0.15) is 10.2 Å². The molecule has 1 aliphatic heterocycles. The monoisotopic (exact) mass is 388 g/mol. The number of hydrogen-bond donors (Lipinski definition) is 1. The van der Waals surface area contributed by atoms with Crippen LogP contribution in [-0.4, -0.2) is 55.4 Å². The van der Waals surface area contributed by atoms with Crippen molar-refractivity contribution in [2.45, 2.75) is 72.5 Å². The van der Waals surface area contributed by atoms with Crippen molar-refractivity contribution in [1.29, 1.82) is 0 Å². The lowest BCUT2D eigenvalue weighted by atomic mass is 9.96.